The van der Waals surface area contributed by atoms with E-state index in [4.69, 9.17) is 5.11 Å². The van der Waals surface area contributed by atoms with Crippen molar-refractivity contribution >= 4 is 11.6 Å². The Morgan fingerprint density at radius 1 is 1.24 bits per heavy atom. The SMILES string of the molecule is Cc1cc(-c2ccc(F)c(F)c2)nc2c(C(=O)O)ncn12. The zero-order valence-corrected chi connectivity index (χ0v) is 10.8. The van der Waals surface area contributed by atoms with Gasteiger partial charge in [-0.05, 0) is 31.2 Å². The van der Waals surface area contributed by atoms with Crippen LogP contribution in [-0.4, -0.2) is 25.4 Å². The van der Waals surface area contributed by atoms with Crippen molar-refractivity contribution in [2.24, 2.45) is 0 Å². The molecule has 1 aromatic carbocycles. The highest BCUT2D eigenvalue weighted by Gasteiger charge is 2.16. The van der Waals surface area contributed by atoms with Crippen LogP contribution in [0.2, 0.25) is 0 Å². The topological polar surface area (TPSA) is 67.5 Å². The first-order valence-corrected chi connectivity index (χ1v) is 6.01. The highest BCUT2D eigenvalue weighted by molar-refractivity contribution is 5.92. The van der Waals surface area contributed by atoms with Gasteiger partial charge in [-0.2, -0.15) is 0 Å². The summed E-state index contributed by atoms with van der Waals surface area (Å²) in [6, 6.07) is 5.05. The van der Waals surface area contributed by atoms with Gasteiger partial charge < -0.3 is 5.11 Å². The quantitative estimate of drug-likeness (QED) is 0.787. The molecule has 0 aliphatic carbocycles. The Morgan fingerprint density at radius 3 is 2.67 bits per heavy atom. The Morgan fingerprint density at radius 2 is 2.00 bits per heavy atom. The summed E-state index contributed by atoms with van der Waals surface area (Å²) < 4.78 is 27.8. The minimum absolute atomic E-state index is 0.155. The third-order valence-corrected chi connectivity index (χ3v) is 3.11. The number of rotatable bonds is 2. The Bertz CT molecular complexity index is 874. The summed E-state index contributed by atoms with van der Waals surface area (Å²) in [5.74, 6) is -3.14. The molecule has 0 aliphatic rings. The van der Waals surface area contributed by atoms with E-state index in [1.807, 2.05) is 0 Å². The van der Waals surface area contributed by atoms with Gasteiger partial charge in [0.15, 0.2) is 23.0 Å². The third kappa shape index (κ3) is 2.12. The van der Waals surface area contributed by atoms with Gasteiger partial charge in [0.05, 0.1) is 5.69 Å². The number of carbonyl (C=O) groups is 1. The first-order valence-electron chi connectivity index (χ1n) is 6.01. The number of imidazole rings is 1. The molecule has 0 fully saturated rings. The van der Waals surface area contributed by atoms with Crippen LogP contribution in [0.5, 0.6) is 0 Å². The number of carboxylic acid groups (broad SMARTS) is 1. The van der Waals surface area contributed by atoms with E-state index in [1.165, 1.54) is 16.8 Å². The van der Waals surface area contributed by atoms with E-state index >= 15 is 0 Å². The van der Waals surface area contributed by atoms with Crippen LogP contribution in [-0.2, 0) is 0 Å². The fraction of sp³-hybridized carbons (Fsp3) is 0.0714. The van der Waals surface area contributed by atoms with Crippen molar-refractivity contribution in [1.82, 2.24) is 14.4 Å². The number of aryl methyl sites for hydroxylation is 1. The van der Waals surface area contributed by atoms with Crippen LogP contribution in [0.25, 0.3) is 16.9 Å². The summed E-state index contributed by atoms with van der Waals surface area (Å²) in [4.78, 5) is 19.1. The summed E-state index contributed by atoms with van der Waals surface area (Å²) in [5.41, 5.74) is 1.35. The lowest BCUT2D eigenvalue weighted by atomic mass is 10.1. The first kappa shape index (κ1) is 13.2. The molecule has 3 aromatic rings. The molecular formula is C14H9F2N3O2. The molecular weight excluding hydrogens is 280 g/mol. The summed E-state index contributed by atoms with van der Waals surface area (Å²) in [6.07, 6.45) is 1.36. The molecule has 2 aromatic heterocycles. The van der Waals surface area contributed by atoms with Crippen LogP contribution in [0.3, 0.4) is 0 Å². The van der Waals surface area contributed by atoms with Crippen LogP contribution in [0.1, 0.15) is 16.2 Å². The van der Waals surface area contributed by atoms with E-state index in [9.17, 15) is 13.6 Å². The number of hydrogen-bond acceptors (Lipinski definition) is 3. The molecule has 0 spiro atoms. The number of carboxylic acids is 1. The van der Waals surface area contributed by atoms with Gasteiger partial charge >= 0.3 is 5.97 Å². The number of hydrogen-bond donors (Lipinski definition) is 1. The molecule has 0 saturated carbocycles. The fourth-order valence-electron chi connectivity index (χ4n) is 2.07. The highest BCUT2D eigenvalue weighted by Crippen LogP contribution is 2.22. The molecule has 0 bridgehead atoms. The Kier molecular flexibility index (Phi) is 2.90. The normalized spacial score (nSPS) is 11.0. The summed E-state index contributed by atoms with van der Waals surface area (Å²) in [5, 5.41) is 9.08. The smallest absolute Gasteiger partial charge is 0.358 e. The molecule has 0 saturated heterocycles. The third-order valence-electron chi connectivity index (χ3n) is 3.11. The monoisotopic (exact) mass is 289 g/mol. The second-order valence-corrected chi connectivity index (χ2v) is 4.50. The van der Waals surface area contributed by atoms with Gasteiger partial charge in [0, 0.05) is 11.3 Å². The molecule has 5 nitrogen and oxygen atoms in total. The molecule has 0 radical (unpaired) electrons. The van der Waals surface area contributed by atoms with Crippen LogP contribution in [0, 0.1) is 18.6 Å². The van der Waals surface area contributed by atoms with Crippen molar-refractivity contribution in [3.05, 3.63) is 53.6 Å². The average molecular weight is 289 g/mol. The summed E-state index contributed by atoms with van der Waals surface area (Å²) in [6.45, 7) is 1.74. The minimum atomic E-state index is -1.20. The van der Waals surface area contributed by atoms with Gasteiger partial charge in [-0.15, -0.1) is 0 Å². The van der Waals surface area contributed by atoms with Crippen LogP contribution >= 0.6 is 0 Å². The molecule has 1 N–H and O–H groups in total. The lowest BCUT2D eigenvalue weighted by molar-refractivity contribution is 0.0693. The maximum absolute atomic E-state index is 13.3. The van der Waals surface area contributed by atoms with Crippen LogP contribution in [0.15, 0.2) is 30.6 Å². The van der Waals surface area contributed by atoms with Crippen LogP contribution in [0.4, 0.5) is 8.78 Å². The zero-order valence-electron chi connectivity index (χ0n) is 10.8. The van der Waals surface area contributed by atoms with Gasteiger partial charge in [-0.25, -0.2) is 23.5 Å². The number of aromatic carboxylic acids is 1. The fourth-order valence-corrected chi connectivity index (χ4v) is 2.07. The molecule has 3 rings (SSSR count). The number of fused-ring (bicyclic) bond motifs is 1. The van der Waals surface area contributed by atoms with E-state index in [1.54, 1.807) is 13.0 Å². The number of halogens is 2. The standard InChI is InChI=1S/C14H9F2N3O2/c1-7-4-11(8-2-3-9(15)10(16)5-8)18-13-12(14(20)21)17-6-19(7)13/h2-6H,1H3,(H,20,21). The van der Waals surface area contributed by atoms with Crippen molar-refractivity contribution < 1.29 is 18.7 Å². The molecule has 7 heteroatoms. The molecule has 106 valence electrons. The van der Waals surface area contributed by atoms with Gasteiger partial charge in [-0.3, -0.25) is 4.40 Å². The van der Waals surface area contributed by atoms with E-state index in [-0.39, 0.29) is 11.3 Å². The molecule has 0 amide bonds. The predicted octanol–water partition coefficient (Wildman–Crippen LogP) is 2.68. The second-order valence-electron chi connectivity index (χ2n) is 4.50. The van der Waals surface area contributed by atoms with Crippen molar-refractivity contribution in [1.29, 1.82) is 0 Å². The van der Waals surface area contributed by atoms with Crippen molar-refractivity contribution in [2.75, 3.05) is 0 Å². The van der Waals surface area contributed by atoms with Crippen LogP contribution < -0.4 is 0 Å². The van der Waals surface area contributed by atoms with E-state index < -0.39 is 17.6 Å². The van der Waals surface area contributed by atoms with Gasteiger partial charge in [0.2, 0.25) is 0 Å². The van der Waals surface area contributed by atoms with Crippen molar-refractivity contribution in [2.45, 2.75) is 6.92 Å². The lowest BCUT2D eigenvalue weighted by Gasteiger charge is -2.06. The predicted molar refractivity (Wildman–Crippen MR) is 70.0 cm³/mol. The minimum Gasteiger partial charge on any atom is -0.476 e. The maximum Gasteiger partial charge on any atom is 0.358 e. The average Bonchev–Trinajstić information content (AvgIpc) is 2.86. The Balaban J connectivity index is 2.25. The highest BCUT2D eigenvalue weighted by atomic mass is 19.2. The molecule has 2 heterocycles. The van der Waals surface area contributed by atoms with Crippen molar-refractivity contribution in [3.63, 3.8) is 0 Å². The second kappa shape index (κ2) is 4.62. The van der Waals surface area contributed by atoms with Crippen molar-refractivity contribution in [3.8, 4) is 11.3 Å². The van der Waals surface area contributed by atoms with Gasteiger partial charge in [0.1, 0.15) is 6.33 Å². The largest absolute Gasteiger partial charge is 0.476 e. The molecule has 0 aliphatic heterocycles. The summed E-state index contributed by atoms with van der Waals surface area (Å²) in [7, 11) is 0. The van der Waals surface area contributed by atoms with E-state index in [2.05, 4.69) is 9.97 Å². The van der Waals surface area contributed by atoms with Gasteiger partial charge in [0.25, 0.3) is 0 Å². The van der Waals surface area contributed by atoms with E-state index in [0.29, 0.717) is 17.0 Å². The van der Waals surface area contributed by atoms with E-state index in [0.717, 1.165) is 12.1 Å². The summed E-state index contributed by atoms with van der Waals surface area (Å²) >= 11 is 0. The Hall–Kier alpha value is -2.83. The molecule has 0 unspecified atom stereocenters. The van der Waals surface area contributed by atoms with Gasteiger partial charge in [-0.1, -0.05) is 0 Å². The molecule has 21 heavy (non-hydrogen) atoms. The molecule has 0 atom stereocenters. The zero-order chi connectivity index (χ0) is 15.1. The maximum atomic E-state index is 13.3. The number of aromatic nitrogens is 3. The number of nitrogens with zero attached hydrogens (tertiary/aromatic N) is 3. The Labute approximate surface area is 117 Å². The lowest BCUT2D eigenvalue weighted by Crippen LogP contribution is -2.01. The first-order chi connectivity index (χ1) is 9.97. The number of benzene rings is 1.